The van der Waals surface area contributed by atoms with E-state index in [1.54, 1.807) is 6.92 Å². The molecular formula is C22H26N2O4. The fraction of sp³-hybridized carbons (Fsp3) is 0.364. The standard InChI is InChI=1S/C22H26N2O4/c1-4-16-6-5-7-19(12-16)28-14-18(25)13-24-20(26)22(3,23-21(24)27)17-10-8-15(2)9-11-17/h5-12,18,25H,4,13-14H2,1-3H3,(H,23,27). The number of benzene rings is 2. The monoisotopic (exact) mass is 382 g/mol. The Morgan fingerprint density at radius 1 is 1.18 bits per heavy atom. The highest BCUT2D eigenvalue weighted by atomic mass is 16.5. The molecule has 2 N–H and O–H groups in total. The Kier molecular flexibility index (Phi) is 5.70. The number of hydrogen-bond donors (Lipinski definition) is 2. The van der Waals surface area contributed by atoms with Crippen LogP contribution in [0.2, 0.25) is 0 Å². The van der Waals surface area contributed by atoms with Crippen LogP contribution < -0.4 is 10.1 Å². The minimum atomic E-state index is -1.14. The third-order valence-corrected chi connectivity index (χ3v) is 5.05. The Labute approximate surface area is 165 Å². The van der Waals surface area contributed by atoms with Crippen LogP contribution in [0.1, 0.15) is 30.5 Å². The first-order valence-corrected chi connectivity index (χ1v) is 9.44. The molecule has 2 aromatic rings. The third-order valence-electron chi connectivity index (χ3n) is 5.05. The van der Waals surface area contributed by atoms with Crippen molar-refractivity contribution in [3.63, 3.8) is 0 Å². The van der Waals surface area contributed by atoms with Gasteiger partial charge in [0.25, 0.3) is 5.91 Å². The first-order chi connectivity index (χ1) is 13.3. The van der Waals surface area contributed by atoms with Crippen LogP contribution >= 0.6 is 0 Å². The Morgan fingerprint density at radius 3 is 2.57 bits per heavy atom. The summed E-state index contributed by atoms with van der Waals surface area (Å²) in [5, 5.41) is 13.1. The van der Waals surface area contributed by atoms with E-state index in [1.165, 1.54) is 0 Å². The summed E-state index contributed by atoms with van der Waals surface area (Å²) in [7, 11) is 0. The summed E-state index contributed by atoms with van der Waals surface area (Å²) in [5.74, 6) is 0.272. The Bertz CT molecular complexity index is 865. The summed E-state index contributed by atoms with van der Waals surface area (Å²) in [6.07, 6.45) is -0.0971. The normalized spacial score (nSPS) is 20.2. The number of aliphatic hydroxyl groups excluding tert-OH is 1. The third kappa shape index (κ3) is 4.02. The molecule has 1 fully saturated rings. The minimum absolute atomic E-state index is 0.00846. The van der Waals surface area contributed by atoms with Gasteiger partial charge in [0.2, 0.25) is 0 Å². The molecule has 1 aliphatic heterocycles. The number of ether oxygens (including phenoxy) is 1. The smallest absolute Gasteiger partial charge is 0.325 e. The summed E-state index contributed by atoms with van der Waals surface area (Å²) in [6, 6.07) is 14.6. The lowest BCUT2D eigenvalue weighted by molar-refractivity contribution is -0.132. The van der Waals surface area contributed by atoms with Crippen LogP contribution in [0.15, 0.2) is 48.5 Å². The van der Waals surface area contributed by atoms with E-state index in [0.29, 0.717) is 11.3 Å². The maximum Gasteiger partial charge on any atom is 0.325 e. The molecular weight excluding hydrogens is 356 g/mol. The topological polar surface area (TPSA) is 78.9 Å². The molecule has 28 heavy (non-hydrogen) atoms. The molecule has 0 aromatic heterocycles. The van der Waals surface area contributed by atoms with E-state index in [4.69, 9.17) is 4.74 Å². The second-order valence-electron chi connectivity index (χ2n) is 7.30. The molecule has 1 heterocycles. The molecule has 2 aromatic carbocycles. The molecule has 0 bridgehead atoms. The second-order valence-corrected chi connectivity index (χ2v) is 7.30. The fourth-order valence-corrected chi connectivity index (χ4v) is 3.26. The van der Waals surface area contributed by atoms with Crippen LogP contribution in [-0.4, -0.2) is 41.2 Å². The van der Waals surface area contributed by atoms with E-state index in [2.05, 4.69) is 12.2 Å². The first-order valence-electron chi connectivity index (χ1n) is 9.44. The van der Waals surface area contributed by atoms with Crippen molar-refractivity contribution in [3.05, 3.63) is 65.2 Å². The van der Waals surface area contributed by atoms with Gasteiger partial charge in [-0.25, -0.2) is 4.79 Å². The van der Waals surface area contributed by atoms with Gasteiger partial charge in [0, 0.05) is 0 Å². The average molecular weight is 382 g/mol. The molecule has 2 unspecified atom stereocenters. The number of aliphatic hydroxyl groups is 1. The molecule has 1 aliphatic rings. The number of nitrogens with one attached hydrogen (secondary N) is 1. The van der Waals surface area contributed by atoms with Crippen LogP contribution in [-0.2, 0) is 16.8 Å². The lowest BCUT2D eigenvalue weighted by atomic mass is 9.91. The molecule has 3 amide bonds. The fourth-order valence-electron chi connectivity index (χ4n) is 3.26. The van der Waals surface area contributed by atoms with Crippen molar-refractivity contribution >= 4 is 11.9 Å². The molecule has 3 rings (SSSR count). The van der Waals surface area contributed by atoms with Gasteiger partial charge in [0.1, 0.15) is 24.0 Å². The number of imide groups is 1. The van der Waals surface area contributed by atoms with Crippen LogP contribution in [0.4, 0.5) is 4.79 Å². The summed E-state index contributed by atoms with van der Waals surface area (Å²) in [4.78, 5) is 26.3. The van der Waals surface area contributed by atoms with Crippen molar-refractivity contribution < 1.29 is 19.4 Å². The zero-order valence-corrected chi connectivity index (χ0v) is 16.4. The van der Waals surface area contributed by atoms with E-state index in [-0.39, 0.29) is 19.1 Å². The van der Waals surface area contributed by atoms with Gasteiger partial charge in [-0.1, -0.05) is 48.9 Å². The molecule has 1 saturated heterocycles. The van der Waals surface area contributed by atoms with E-state index in [9.17, 15) is 14.7 Å². The molecule has 2 atom stereocenters. The molecule has 0 radical (unpaired) electrons. The van der Waals surface area contributed by atoms with Gasteiger partial charge in [-0.15, -0.1) is 0 Å². The summed E-state index contributed by atoms with van der Waals surface area (Å²) in [5.41, 5.74) is 1.78. The quantitative estimate of drug-likeness (QED) is 0.722. The molecule has 0 spiro atoms. The number of hydrogen-bond acceptors (Lipinski definition) is 4. The Morgan fingerprint density at radius 2 is 1.89 bits per heavy atom. The van der Waals surface area contributed by atoms with Crippen molar-refractivity contribution in [3.8, 4) is 5.75 Å². The summed E-state index contributed by atoms with van der Waals surface area (Å²) >= 11 is 0. The molecule has 148 valence electrons. The van der Waals surface area contributed by atoms with Crippen molar-refractivity contribution in [1.29, 1.82) is 0 Å². The van der Waals surface area contributed by atoms with Gasteiger partial charge in [-0.3, -0.25) is 9.69 Å². The van der Waals surface area contributed by atoms with Gasteiger partial charge < -0.3 is 15.2 Å². The molecule has 0 saturated carbocycles. The number of carbonyl (C=O) groups excluding carboxylic acids is 2. The predicted molar refractivity (Wildman–Crippen MR) is 106 cm³/mol. The SMILES string of the molecule is CCc1cccc(OCC(O)CN2C(=O)NC(C)(c3ccc(C)cc3)C2=O)c1. The highest BCUT2D eigenvalue weighted by Crippen LogP contribution is 2.29. The van der Waals surface area contributed by atoms with E-state index in [1.807, 2.05) is 55.5 Å². The zero-order chi connectivity index (χ0) is 20.3. The van der Waals surface area contributed by atoms with Crippen LogP contribution in [0.3, 0.4) is 0 Å². The van der Waals surface area contributed by atoms with Gasteiger partial charge in [-0.05, 0) is 43.5 Å². The average Bonchev–Trinajstić information content (AvgIpc) is 2.91. The molecule has 6 heteroatoms. The number of aryl methyl sites for hydroxylation is 2. The highest BCUT2D eigenvalue weighted by molar-refractivity contribution is 6.07. The molecule has 0 aliphatic carbocycles. The number of nitrogens with zero attached hydrogens (tertiary/aromatic N) is 1. The van der Waals surface area contributed by atoms with Crippen LogP contribution in [0, 0.1) is 6.92 Å². The number of β-amino-alcohol motifs (C(OH)–C–C–N with tert-alkyl or cyclic N) is 1. The maximum absolute atomic E-state index is 12.9. The first kappa shape index (κ1) is 19.9. The Balaban J connectivity index is 1.64. The number of urea groups is 1. The number of amides is 3. The summed E-state index contributed by atoms with van der Waals surface area (Å²) < 4.78 is 5.62. The maximum atomic E-state index is 12.9. The van der Waals surface area contributed by atoms with Gasteiger partial charge in [0.15, 0.2) is 0 Å². The second kappa shape index (κ2) is 8.02. The van der Waals surface area contributed by atoms with Gasteiger partial charge in [0.05, 0.1) is 6.54 Å². The van der Waals surface area contributed by atoms with Gasteiger partial charge in [-0.2, -0.15) is 0 Å². The number of carbonyl (C=O) groups is 2. The van der Waals surface area contributed by atoms with Crippen molar-refractivity contribution in [2.75, 3.05) is 13.2 Å². The zero-order valence-electron chi connectivity index (χ0n) is 16.4. The van der Waals surface area contributed by atoms with E-state index < -0.39 is 17.7 Å². The highest BCUT2D eigenvalue weighted by Gasteiger charge is 2.49. The largest absolute Gasteiger partial charge is 0.491 e. The van der Waals surface area contributed by atoms with E-state index >= 15 is 0 Å². The number of rotatable bonds is 7. The predicted octanol–water partition coefficient (Wildman–Crippen LogP) is 2.76. The van der Waals surface area contributed by atoms with Crippen molar-refractivity contribution in [1.82, 2.24) is 10.2 Å². The van der Waals surface area contributed by atoms with Crippen LogP contribution in [0.5, 0.6) is 5.75 Å². The Hall–Kier alpha value is -2.86. The van der Waals surface area contributed by atoms with Crippen molar-refractivity contribution in [2.24, 2.45) is 0 Å². The minimum Gasteiger partial charge on any atom is -0.491 e. The van der Waals surface area contributed by atoms with E-state index in [0.717, 1.165) is 22.4 Å². The summed E-state index contributed by atoms with van der Waals surface area (Å²) in [6.45, 7) is 5.55. The lowest BCUT2D eigenvalue weighted by Crippen LogP contribution is -2.42. The van der Waals surface area contributed by atoms with Crippen molar-refractivity contribution in [2.45, 2.75) is 38.8 Å². The molecule has 6 nitrogen and oxygen atoms in total. The van der Waals surface area contributed by atoms with Gasteiger partial charge >= 0.3 is 6.03 Å². The lowest BCUT2D eigenvalue weighted by Gasteiger charge is -2.23. The van der Waals surface area contributed by atoms with Crippen LogP contribution in [0.25, 0.3) is 0 Å².